The summed E-state index contributed by atoms with van der Waals surface area (Å²) in [5.41, 5.74) is 3.70. The molecular weight excluding hydrogens is 274 g/mol. The zero-order chi connectivity index (χ0) is 15.7. The first-order valence-corrected chi connectivity index (χ1v) is 7.57. The molecule has 1 aromatic heterocycles. The lowest BCUT2D eigenvalue weighted by atomic mass is 10.1. The number of aromatic nitrogens is 1. The molecule has 0 bridgehead atoms. The Balaban J connectivity index is 1.94. The van der Waals surface area contributed by atoms with Crippen LogP contribution >= 0.6 is 0 Å². The van der Waals surface area contributed by atoms with Crippen LogP contribution in [0.25, 0.3) is 10.9 Å². The summed E-state index contributed by atoms with van der Waals surface area (Å²) in [5.74, 6) is 1.01. The molecule has 2 aromatic carbocycles. The van der Waals surface area contributed by atoms with E-state index in [0.717, 1.165) is 5.75 Å². The first-order valence-electron chi connectivity index (χ1n) is 7.57. The molecule has 0 amide bonds. The minimum absolute atomic E-state index is 0.250. The van der Waals surface area contributed by atoms with Gasteiger partial charge in [0.1, 0.15) is 18.1 Å². The molecule has 0 fully saturated rings. The molecule has 114 valence electrons. The van der Waals surface area contributed by atoms with Crippen LogP contribution in [0.2, 0.25) is 0 Å². The van der Waals surface area contributed by atoms with Gasteiger partial charge in [-0.1, -0.05) is 12.1 Å². The molecule has 1 heterocycles. The Bertz CT molecular complexity index is 785. The Morgan fingerprint density at radius 3 is 2.50 bits per heavy atom. The molecule has 3 aromatic rings. The molecule has 0 radical (unpaired) electrons. The Labute approximate surface area is 130 Å². The molecule has 3 heteroatoms. The average Bonchev–Trinajstić information content (AvgIpc) is 2.87. The zero-order valence-corrected chi connectivity index (χ0v) is 13.2. The number of benzene rings is 2. The number of phenolic OH excluding ortho intramolecular Hbond substituents is 1. The van der Waals surface area contributed by atoms with Crippen LogP contribution in [0.3, 0.4) is 0 Å². The smallest absolute Gasteiger partial charge is 0.120 e. The van der Waals surface area contributed by atoms with Crippen molar-refractivity contribution in [3.63, 3.8) is 0 Å². The van der Waals surface area contributed by atoms with Crippen molar-refractivity contribution in [3.05, 3.63) is 59.8 Å². The topological polar surface area (TPSA) is 34.4 Å². The molecule has 0 spiro atoms. The summed E-state index contributed by atoms with van der Waals surface area (Å²) in [6.45, 7) is 7.03. The molecule has 0 atom stereocenters. The van der Waals surface area contributed by atoms with E-state index in [2.05, 4.69) is 49.7 Å². The second kappa shape index (κ2) is 5.76. The summed E-state index contributed by atoms with van der Waals surface area (Å²) in [7, 11) is 0. The maximum absolute atomic E-state index is 9.33. The standard InChI is InChI=1S/C19H21NO2/c1-13(2)20-11-15(19-14(3)5-4-6-18(19)20)12-22-17-9-7-16(21)8-10-17/h4-11,13,21H,12H2,1-3H3. The maximum Gasteiger partial charge on any atom is 0.120 e. The van der Waals surface area contributed by atoms with Gasteiger partial charge < -0.3 is 14.4 Å². The van der Waals surface area contributed by atoms with Gasteiger partial charge in [-0.05, 0) is 56.7 Å². The van der Waals surface area contributed by atoms with Crippen LogP contribution in [-0.4, -0.2) is 9.67 Å². The van der Waals surface area contributed by atoms with E-state index < -0.39 is 0 Å². The molecule has 0 saturated carbocycles. The molecule has 3 rings (SSSR count). The predicted octanol–water partition coefficient (Wildman–Crippen LogP) is 4.82. The molecule has 0 aliphatic rings. The minimum atomic E-state index is 0.250. The van der Waals surface area contributed by atoms with E-state index in [0.29, 0.717) is 12.6 Å². The van der Waals surface area contributed by atoms with Crippen LogP contribution in [0.1, 0.15) is 31.0 Å². The van der Waals surface area contributed by atoms with Crippen LogP contribution in [0.5, 0.6) is 11.5 Å². The number of nitrogens with zero attached hydrogens (tertiary/aromatic N) is 1. The van der Waals surface area contributed by atoms with Gasteiger partial charge in [0.25, 0.3) is 0 Å². The Hall–Kier alpha value is -2.42. The summed E-state index contributed by atoms with van der Waals surface area (Å²) in [5, 5.41) is 10.6. The van der Waals surface area contributed by atoms with Gasteiger partial charge in [0.05, 0.1) is 0 Å². The highest BCUT2D eigenvalue weighted by Crippen LogP contribution is 2.28. The fourth-order valence-corrected chi connectivity index (χ4v) is 2.83. The summed E-state index contributed by atoms with van der Waals surface area (Å²) in [6.07, 6.45) is 2.18. The molecule has 0 unspecified atom stereocenters. The molecule has 0 aliphatic carbocycles. The van der Waals surface area contributed by atoms with Crippen molar-refractivity contribution in [2.24, 2.45) is 0 Å². The van der Waals surface area contributed by atoms with Gasteiger partial charge in [0.15, 0.2) is 0 Å². The van der Waals surface area contributed by atoms with Crippen molar-refractivity contribution in [2.45, 2.75) is 33.4 Å². The first kappa shape index (κ1) is 14.5. The summed E-state index contributed by atoms with van der Waals surface area (Å²) >= 11 is 0. The van der Waals surface area contributed by atoms with Crippen molar-refractivity contribution in [1.29, 1.82) is 0 Å². The summed E-state index contributed by atoms with van der Waals surface area (Å²) in [4.78, 5) is 0. The second-order valence-corrected chi connectivity index (χ2v) is 5.91. The van der Waals surface area contributed by atoms with Crippen molar-refractivity contribution < 1.29 is 9.84 Å². The molecule has 0 aliphatic heterocycles. The van der Waals surface area contributed by atoms with Gasteiger partial charge in [-0.15, -0.1) is 0 Å². The van der Waals surface area contributed by atoms with Crippen molar-refractivity contribution >= 4 is 10.9 Å². The van der Waals surface area contributed by atoms with Gasteiger partial charge in [-0.25, -0.2) is 0 Å². The van der Waals surface area contributed by atoms with Crippen LogP contribution in [0.4, 0.5) is 0 Å². The second-order valence-electron chi connectivity index (χ2n) is 5.91. The fraction of sp³-hybridized carbons (Fsp3) is 0.263. The Kier molecular flexibility index (Phi) is 3.80. The van der Waals surface area contributed by atoms with Gasteiger partial charge in [0, 0.05) is 28.7 Å². The van der Waals surface area contributed by atoms with E-state index in [1.165, 1.54) is 22.0 Å². The summed E-state index contributed by atoms with van der Waals surface area (Å²) in [6, 6.07) is 13.6. The Morgan fingerprint density at radius 2 is 1.82 bits per heavy atom. The van der Waals surface area contributed by atoms with E-state index in [1.807, 2.05) is 0 Å². The molecular formula is C19H21NO2. The van der Waals surface area contributed by atoms with E-state index >= 15 is 0 Å². The number of fused-ring (bicyclic) bond motifs is 1. The minimum Gasteiger partial charge on any atom is -0.508 e. The SMILES string of the molecule is Cc1cccc2c1c(COc1ccc(O)cc1)cn2C(C)C. The predicted molar refractivity (Wildman–Crippen MR) is 89.5 cm³/mol. The van der Waals surface area contributed by atoms with E-state index in [4.69, 9.17) is 4.74 Å². The number of rotatable bonds is 4. The lowest BCUT2D eigenvalue weighted by Crippen LogP contribution is -1.98. The highest BCUT2D eigenvalue weighted by molar-refractivity contribution is 5.87. The molecule has 3 nitrogen and oxygen atoms in total. The van der Waals surface area contributed by atoms with Crippen LogP contribution in [0, 0.1) is 6.92 Å². The summed E-state index contributed by atoms with van der Waals surface area (Å²) < 4.78 is 8.17. The van der Waals surface area contributed by atoms with Crippen molar-refractivity contribution in [1.82, 2.24) is 4.57 Å². The number of hydrogen-bond acceptors (Lipinski definition) is 2. The number of ether oxygens (including phenoxy) is 1. The number of aromatic hydroxyl groups is 1. The van der Waals surface area contributed by atoms with Crippen molar-refractivity contribution in [3.8, 4) is 11.5 Å². The number of phenols is 1. The zero-order valence-electron chi connectivity index (χ0n) is 13.2. The number of hydrogen-bond donors (Lipinski definition) is 1. The highest BCUT2D eigenvalue weighted by Gasteiger charge is 2.12. The largest absolute Gasteiger partial charge is 0.508 e. The third-order valence-corrected chi connectivity index (χ3v) is 3.93. The maximum atomic E-state index is 9.33. The van der Waals surface area contributed by atoms with Gasteiger partial charge in [-0.3, -0.25) is 0 Å². The monoisotopic (exact) mass is 295 g/mol. The van der Waals surface area contributed by atoms with Crippen molar-refractivity contribution in [2.75, 3.05) is 0 Å². The van der Waals surface area contributed by atoms with Gasteiger partial charge >= 0.3 is 0 Å². The lowest BCUT2D eigenvalue weighted by molar-refractivity contribution is 0.306. The average molecular weight is 295 g/mol. The molecule has 1 N–H and O–H groups in total. The quantitative estimate of drug-likeness (QED) is 0.749. The normalized spacial score (nSPS) is 11.3. The van der Waals surface area contributed by atoms with Gasteiger partial charge in [-0.2, -0.15) is 0 Å². The fourth-order valence-electron chi connectivity index (χ4n) is 2.83. The van der Waals surface area contributed by atoms with Crippen LogP contribution in [-0.2, 0) is 6.61 Å². The van der Waals surface area contributed by atoms with E-state index in [9.17, 15) is 5.11 Å². The third kappa shape index (κ3) is 2.67. The lowest BCUT2D eigenvalue weighted by Gasteiger charge is -2.09. The van der Waals surface area contributed by atoms with E-state index in [-0.39, 0.29) is 5.75 Å². The van der Waals surface area contributed by atoms with E-state index in [1.54, 1.807) is 24.3 Å². The van der Waals surface area contributed by atoms with Crippen LogP contribution in [0.15, 0.2) is 48.7 Å². The van der Waals surface area contributed by atoms with Crippen LogP contribution < -0.4 is 4.74 Å². The number of aryl methyl sites for hydroxylation is 1. The third-order valence-electron chi connectivity index (χ3n) is 3.93. The highest BCUT2D eigenvalue weighted by atomic mass is 16.5. The molecule has 22 heavy (non-hydrogen) atoms. The van der Waals surface area contributed by atoms with Gasteiger partial charge in [0.2, 0.25) is 0 Å². The Morgan fingerprint density at radius 1 is 1.09 bits per heavy atom. The molecule has 0 saturated heterocycles. The first-order chi connectivity index (χ1) is 10.6.